The van der Waals surface area contributed by atoms with Crippen molar-refractivity contribution in [2.45, 2.75) is 45.7 Å². The first-order chi connectivity index (χ1) is 15.8. The molecular formula is C26H31N5O2. The number of carbonyl (C=O) groups is 2. The van der Waals surface area contributed by atoms with Crippen molar-refractivity contribution in [1.29, 1.82) is 0 Å². The standard InChI is InChI=1S/C26H31N5O2/c1-26(2,3)30-24(32)19-11-13-31(14-12-19)17-18-7-6-8-20(15-18)28-25(33)23-16-27-21-9-4-5-10-22(21)29-23/h4-10,15-16,19H,11-14,17H2,1-3H3,(H,28,33)(H,30,32). The highest BCUT2D eigenvalue weighted by Gasteiger charge is 2.27. The lowest BCUT2D eigenvalue weighted by Gasteiger charge is -2.33. The van der Waals surface area contributed by atoms with Crippen LogP contribution in [0.15, 0.2) is 54.7 Å². The Hall–Kier alpha value is -3.32. The van der Waals surface area contributed by atoms with Crippen molar-refractivity contribution in [2.24, 2.45) is 5.92 Å². The summed E-state index contributed by atoms with van der Waals surface area (Å²) in [5, 5.41) is 6.03. The number of rotatable bonds is 5. The second-order valence-corrected chi connectivity index (χ2v) is 9.69. The van der Waals surface area contributed by atoms with E-state index in [0.29, 0.717) is 5.52 Å². The fourth-order valence-corrected chi connectivity index (χ4v) is 4.09. The Morgan fingerprint density at radius 1 is 1.03 bits per heavy atom. The summed E-state index contributed by atoms with van der Waals surface area (Å²) < 4.78 is 0. The second kappa shape index (κ2) is 9.67. The number of nitrogens with zero attached hydrogens (tertiary/aromatic N) is 3. The first-order valence-electron chi connectivity index (χ1n) is 11.4. The molecule has 0 unspecified atom stereocenters. The molecule has 2 N–H and O–H groups in total. The summed E-state index contributed by atoms with van der Waals surface area (Å²) in [6.45, 7) is 8.58. The van der Waals surface area contributed by atoms with Crippen LogP contribution in [0, 0.1) is 5.92 Å². The maximum atomic E-state index is 12.7. The zero-order chi connectivity index (χ0) is 23.4. The van der Waals surface area contributed by atoms with Crippen molar-refractivity contribution in [3.05, 3.63) is 66.0 Å². The van der Waals surface area contributed by atoms with Crippen molar-refractivity contribution in [3.63, 3.8) is 0 Å². The SMILES string of the molecule is CC(C)(C)NC(=O)C1CCN(Cc2cccc(NC(=O)c3cnc4ccccc4n3)c2)CC1. The molecule has 1 aliphatic heterocycles. The third-order valence-corrected chi connectivity index (χ3v) is 5.73. The smallest absolute Gasteiger partial charge is 0.275 e. The predicted octanol–water partition coefficient (Wildman–Crippen LogP) is 4.01. The fraction of sp³-hybridized carbons (Fsp3) is 0.385. The Morgan fingerprint density at radius 3 is 2.48 bits per heavy atom. The Labute approximate surface area is 194 Å². The van der Waals surface area contributed by atoms with Gasteiger partial charge in [0, 0.05) is 23.7 Å². The molecule has 0 atom stereocenters. The van der Waals surface area contributed by atoms with Gasteiger partial charge in [-0.25, -0.2) is 4.98 Å². The van der Waals surface area contributed by atoms with Crippen LogP contribution in [0.3, 0.4) is 0 Å². The minimum absolute atomic E-state index is 0.0779. The molecule has 1 saturated heterocycles. The van der Waals surface area contributed by atoms with Crippen LogP contribution in [0.5, 0.6) is 0 Å². The first kappa shape index (κ1) is 22.9. The van der Waals surface area contributed by atoms with E-state index in [-0.39, 0.29) is 29.0 Å². The van der Waals surface area contributed by atoms with Gasteiger partial charge in [0.15, 0.2) is 0 Å². The van der Waals surface area contributed by atoms with Gasteiger partial charge >= 0.3 is 0 Å². The lowest BCUT2D eigenvalue weighted by molar-refractivity contribution is -0.127. The van der Waals surface area contributed by atoms with Crippen LogP contribution in [0.1, 0.15) is 49.7 Å². The Balaban J connectivity index is 1.33. The van der Waals surface area contributed by atoms with Gasteiger partial charge in [-0.05, 0) is 76.5 Å². The van der Waals surface area contributed by atoms with Gasteiger partial charge < -0.3 is 10.6 Å². The van der Waals surface area contributed by atoms with Crippen LogP contribution >= 0.6 is 0 Å². The third-order valence-electron chi connectivity index (χ3n) is 5.73. The summed E-state index contributed by atoms with van der Waals surface area (Å²) >= 11 is 0. The molecule has 1 fully saturated rings. The van der Waals surface area contributed by atoms with Crippen molar-refractivity contribution in [1.82, 2.24) is 20.2 Å². The molecule has 2 aromatic carbocycles. The number of piperidine rings is 1. The molecule has 0 spiro atoms. The predicted molar refractivity (Wildman–Crippen MR) is 130 cm³/mol. The highest BCUT2D eigenvalue weighted by Crippen LogP contribution is 2.21. The Kier molecular flexibility index (Phi) is 6.70. The molecule has 4 rings (SSSR count). The lowest BCUT2D eigenvalue weighted by atomic mass is 9.94. The molecule has 1 aromatic heterocycles. The number of aromatic nitrogens is 2. The minimum Gasteiger partial charge on any atom is -0.351 e. The molecule has 2 heterocycles. The van der Waals surface area contributed by atoms with Gasteiger partial charge in [0.1, 0.15) is 5.69 Å². The number of carbonyl (C=O) groups excluding carboxylic acids is 2. The fourth-order valence-electron chi connectivity index (χ4n) is 4.09. The number of hydrogen-bond acceptors (Lipinski definition) is 5. The van der Waals surface area contributed by atoms with E-state index < -0.39 is 0 Å². The number of para-hydroxylation sites is 2. The number of fused-ring (bicyclic) bond motifs is 1. The molecule has 33 heavy (non-hydrogen) atoms. The highest BCUT2D eigenvalue weighted by atomic mass is 16.2. The molecule has 0 radical (unpaired) electrons. The number of nitrogens with one attached hydrogen (secondary N) is 2. The van der Waals surface area contributed by atoms with Crippen molar-refractivity contribution in [3.8, 4) is 0 Å². The van der Waals surface area contributed by atoms with E-state index in [1.54, 1.807) is 0 Å². The summed E-state index contributed by atoms with van der Waals surface area (Å²) in [5.41, 5.74) is 3.39. The summed E-state index contributed by atoms with van der Waals surface area (Å²) in [6.07, 6.45) is 3.22. The third kappa shape index (κ3) is 6.14. The molecule has 1 aliphatic rings. The molecule has 2 amide bonds. The van der Waals surface area contributed by atoms with E-state index in [1.165, 1.54) is 6.20 Å². The zero-order valence-corrected chi connectivity index (χ0v) is 19.5. The van der Waals surface area contributed by atoms with Crippen LogP contribution in [0.2, 0.25) is 0 Å². The van der Waals surface area contributed by atoms with Crippen molar-refractivity contribution < 1.29 is 9.59 Å². The topological polar surface area (TPSA) is 87.2 Å². The summed E-state index contributed by atoms with van der Waals surface area (Å²) in [7, 11) is 0. The number of benzene rings is 2. The molecule has 172 valence electrons. The Morgan fingerprint density at radius 2 is 1.76 bits per heavy atom. The van der Waals surface area contributed by atoms with E-state index >= 15 is 0 Å². The lowest BCUT2D eigenvalue weighted by Crippen LogP contribution is -2.46. The van der Waals surface area contributed by atoms with Crippen LogP contribution in [-0.2, 0) is 11.3 Å². The number of amides is 2. The van der Waals surface area contributed by atoms with Gasteiger partial charge in [0.2, 0.25) is 5.91 Å². The molecule has 7 nitrogen and oxygen atoms in total. The zero-order valence-electron chi connectivity index (χ0n) is 19.5. The van der Waals surface area contributed by atoms with Crippen LogP contribution in [0.4, 0.5) is 5.69 Å². The quantitative estimate of drug-likeness (QED) is 0.620. The molecular weight excluding hydrogens is 414 g/mol. The van der Waals surface area contributed by atoms with Gasteiger partial charge in [0.25, 0.3) is 5.91 Å². The van der Waals surface area contributed by atoms with Gasteiger partial charge in [-0.2, -0.15) is 0 Å². The maximum Gasteiger partial charge on any atom is 0.275 e. The molecule has 0 bridgehead atoms. The number of anilines is 1. The molecule has 3 aromatic rings. The van der Waals surface area contributed by atoms with E-state index in [9.17, 15) is 9.59 Å². The van der Waals surface area contributed by atoms with Gasteiger partial charge in [-0.1, -0.05) is 24.3 Å². The minimum atomic E-state index is -0.281. The highest BCUT2D eigenvalue weighted by molar-refractivity contribution is 6.03. The number of hydrogen-bond donors (Lipinski definition) is 2. The Bertz CT molecular complexity index is 1150. The van der Waals surface area contributed by atoms with Crippen molar-refractivity contribution in [2.75, 3.05) is 18.4 Å². The molecule has 0 saturated carbocycles. The normalized spacial score (nSPS) is 15.4. The molecule has 0 aliphatic carbocycles. The average Bonchev–Trinajstić information content (AvgIpc) is 2.78. The monoisotopic (exact) mass is 445 g/mol. The summed E-state index contributed by atoms with van der Waals surface area (Å²) in [5.74, 6) is -0.0473. The van der Waals surface area contributed by atoms with Gasteiger partial charge in [0.05, 0.1) is 17.2 Å². The van der Waals surface area contributed by atoms with E-state index in [4.69, 9.17) is 0 Å². The van der Waals surface area contributed by atoms with E-state index in [2.05, 4.69) is 31.6 Å². The second-order valence-electron chi connectivity index (χ2n) is 9.69. The summed E-state index contributed by atoms with van der Waals surface area (Å²) in [4.78, 5) is 36.2. The van der Waals surface area contributed by atoms with Crippen molar-refractivity contribution >= 4 is 28.5 Å². The summed E-state index contributed by atoms with van der Waals surface area (Å²) in [6, 6.07) is 15.4. The van der Waals surface area contributed by atoms with E-state index in [0.717, 1.165) is 49.2 Å². The van der Waals surface area contributed by atoms with Crippen LogP contribution in [-0.4, -0.2) is 45.3 Å². The maximum absolute atomic E-state index is 12.7. The van der Waals surface area contributed by atoms with Crippen LogP contribution < -0.4 is 10.6 Å². The van der Waals surface area contributed by atoms with Crippen LogP contribution in [0.25, 0.3) is 11.0 Å². The van der Waals surface area contributed by atoms with E-state index in [1.807, 2.05) is 63.2 Å². The average molecular weight is 446 g/mol. The first-order valence-corrected chi connectivity index (χ1v) is 11.4. The van der Waals surface area contributed by atoms with Gasteiger partial charge in [-0.15, -0.1) is 0 Å². The molecule has 7 heteroatoms. The van der Waals surface area contributed by atoms with Gasteiger partial charge in [-0.3, -0.25) is 19.5 Å². The number of likely N-dealkylation sites (tertiary alicyclic amines) is 1. The largest absolute Gasteiger partial charge is 0.351 e.